The van der Waals surface area contributed by atoms with Crippen molar-refractivity contribution < 1.29 is 5.11 Å². The van der Waals surface area contributed by atoms with Gasteiger partial charge in [0.05, 0.1) is 6.10 Å². The Hall–Kier alpha value is -0.300. The largest absolute Gasteiger partial charge is 0.393 e. The number of hydrogen-bond donors (Lipinski definition) is 1. The molecule has 0 spiro atoms. The van der Waals surface area contributed by atoms with Crippen LogP contribution in [0.1, 0.15) is 47.5 Å². The van der Waals surface area contributed by atoms with E-state index in [0.29, 0.717) is 0 Å². The molecule has 12 heavy (non-hydrogen) atoms. The molecular weight excluding hydrogens is 148 g/mol. The van der Waals surface area contributed by atoms with E-state index in [-0.39, 0.29) is 11.5 Å². The number of allylic oxidation sites excluding steroid dienone is 2. The maximum absolute atomic E-state index is 9.67. The highest BCUT2D eigenvalue weighted by Gasteiger charge is 2.20. The van der Waals surface area contributed by atoms with E-state index in [2.05, 4.69) is 40.7 Å². The first-order valence-electron chi connectivity index (χ1n) is 4.65. The van der Waals surface area contributed by atoms with Crippen molar-refractivity contribution in [1.29, 1.82) is 0 Å². The monoisotopic (exact) mass is 170 g/mol. The summed E-state index contributed by atoms with van der Waals surface area (Å²) in [6.07, 6.45) is 3.85. The summed E-state index contributed by atoms with van der Waals surface area (Å²) in [5.74, 6) is 0. The minimum Gasteiger partial charge on any atom is -0.393 e. The highest BCUT2D eigenvalue weighted by molar-refractivity contribution is 4.93. The third-order valence-corrected chi connectivity index (χ3v) is 1.99. The summed E-state index contributed by atoms with van der Waals surface area (Å²) in [5, 5.41) is 9.67. The SMILES string of the molecule is CC(C)=CCCC(O)C(C)(C)C. The molecule has 0 heterocycles. The third kappa shape index (κ3) is 5.36. The molecule has 0 rings (SSSR count). The first kappa shape index (κ1) is 11.7. The summed E-state index contributed by atoms with van der Waals surface area (Å²) in [6.45, 7) is 10.4. The highest BCUT2D eigenvalue weighted by Crippen LogP contribution is 2.22. The Balaban J connectivity index is 3.73. The maximum Gasteiger partial charge on any atom is 0.0591 e. The second-order valence-electron chi connectivity index (χ2n) is 4.74. The summed E-state index contributed by atoms with van der Waals surface area (Å²) in [5.41, 5.74) is 1.35. The van der Waals surface area contributed by atoms with Crippen molar-refractivity contribution in [3.05, 3.63) is 11.6 Å². The van der Waals surface area contributed by atoms with Gasteiger partial charge in [-0.15, -0.1) is 0 Å². The molecule has 1 nitrogen and oxygen atoms in total. The maximum atomic E-state index is 9.67. The fourth-order valence-corrected chi connectivity index (χ4v) is 0.963. The van der Waals surface area contributed by atoms with Gasteiger partial charge in [-0.25, -0.2) is 0 Å². The molecule has 0 aromatic rings. The minimum absolute atomic E-state index is 0.0233. The molecule has 0 aromatic carbocycles. The number of aliphatic hydroxyl groups is 1. The molecule has 0 aliphatic carbocycles. The summed E-state index contributed by atoms with van der Waals surface area (Å²) < 4.78 is 0. The van der Waals surface area contributed by atoms with Crippen LogP contribution < -0.4 is 0 Å². The fraction of sp³-hybridized carbons (Fsp3) is 0.818. The van der Waals surface area contributed by atoms with Crippen LogP contribution >= 0.6 is 0 Å². The molecule has 1 atom stereocenters. The average molecular weight is 170 g/mol. The minimum atomic E-state index is -0.187. The van der Waals surface area contributed by atoms with Gasteiger partial charge in [0.1, 0.15) is 0 Å². The summed E-state index contributed by atoms with van der Waals surface area (Å²) >= 11 is 0. The Morgan fingerprint density at radius 2 is 1.83 bits per heavy atom. The van der Waals surface area contributed by atoms with Crippen LogP contribution in [0.4, 0.5) is 0 Å². The molecule has 1 N–H and O–H groups in total. The van der Waals surface area contributed by atoms with Gasteiger partial charge in [-0.3, -0.25) is 0 Å². The van der Waals surface area contributed by atoms with Gasteiger partial charge in [-0.1, -0.05) is 32.4 Å². The Kier molecular flexibility index (Phi) is 4.54. The quantitative estimate of drug-likeness (QED) is 0.645. The van der Waals surface area contributed by atoms with Crippen LogP contribution in [0.25, 0.3) is 0 Å². The Bertz CT molecular complexity index is 147. The molecule has 1 heteroatoms. The van der Waals surface area contributed by atoms with Crippen molar-refractivity contribution in [3.63, 3.8) is 0 Å². The van der Waals surface area contributed by atoms with Crippen molar-refractivity contribution in [2.24, 2.45) is 5.41 Å². The van der Waals surface area contributed by atoms with E-state index in [1.54, 1.807) is 0 Å². The van der Waals surface area contributed by atoms with E-state index in [1.807, 2.05) is 0 Å². The molecule has 0 bridgehead atoms. The lowest BCUT2D eigenvalue weighted by Crippen LogP contribution is -2.25. The summed E-state index contributed by atoms with van der Waals surface area (Å²) in [6, 6.07) is 0. The predicted octanol–water partition coefficient (Wildman–Crippen LogP) is 3.14. The fourth-order valence-electron chi connectivity index (χ4n) is 0.963. The summed E-state index contributed by atoms with van der Waals surface area (Å²) in [7, 11) is 0. The van der Waals surface area contributed by atoms with Crippen LogP contribution in [0.5, 0.6) is 0 Å². The van der Waals surface area contributed by atoms with Crippen LogP contribution in [0.15, 0.2) is 11.6 Å². The molecule has 1 unspecified atom stereocenters. The van der Waals surface area contributed by atoms with Gasteiger partial charge >= 0.3 is 0 Å². The smallest absolute Gasteiger partial charge is 0.0591 e. The lowest BCUT2D eigenvalue weighted by atomic mass is 9.86. The van der Waals surface area contributed by atoms with E-state index in [4.69, 9.17) is 0 Å². The van der Waals surface area contributed by atoms with Crippen LogP contribution in [0.3, 0.4) is 0 Å². The second-order valence-corrected chi connectivity index (χ2v) is 4.74. The van der Waals surface area contributed by atoms with Gasteiger partial charge in [0, 0.05) is 0 Å². The van der Waals surface area contributed by atoms with Crippen molar-refractivity contribution in [2.75, 3.05) is 0 Å². The van der Waals surface area contributed by atoms with E-state index in [0.717, 1.165) is 12.8 Å². The lowest BCUT2D eigenvalue weighted by molar-refractivity contribution is 0.0565. The molecule has 0 fully saturated rings. The molecule has 0 radical (unpaired) electrons. The Morgan fingerprint density at radius 1 is 1.33 bits per heavy atom. The van der Waals surface area contributed by atoms with Crippen LogP contribution in [-0.4, -0.2) is 11.2 Å². The van der Waals surface area contributed by atoms with Crippen molar-refractivity contribution in [3.8, 4) is 0 Å². The van der Waals surface area contributed by atoms with E-state index < -0.39 is 0 Å². The number of hydrogen-bond acceptors (Lipinski definition) is 1. The zero-order chi connectivity index (χ0) is 9.78. The Labute approximate surface area is 76.5 Å². The van der Waals surface area contributed by atoms with Crippen molar-refractivity contribution in [2.45, 2.75) is 53.6 Å². The van der Waals surface area contributed by atoms with Gasteiger partial charge in [-0.05, 0) is 32.1 Å². The molecule has 0 aliphatic heterocycles. The predicted molar refractivity (Wildman–Crippen MR) is 54.1 cm³/mol. The molecule has 72 valence electrons. The van der Waals surface area contributed by atoms with Gasteiger partial charge in [0.25, 0.3) is 0 Å². The zero-order valence-electron chi connectivity index (χ0n) is 9.02. The van der Waals surface area contributed by atoms with E-state index in [1.165, 1.54) is 5.57 Å². The van der Waals surface area contributed by atoms with E-state index >= 15 is 0 Å². The second kappa shape index (κ2) is 4.66. The van der Waals surface area contributed by atoms with Crippen LogP contribution in [-0.2, 0) is 0 Å². The van der Waals surface area contributed by atoms with E-state index in [9.17, 15) is 5.11 Å². The molecule has 0 saturated carbocycles. The van der Waals surface area contributed by atoms with Crippen LogP contribution in [0, 0.1) is 5.41 Å². The standard InChI is InChI=1S/C11H22O/c1-9(2)7-6-8-10(12)11(3,4)5/h7,10,12H,6,8H2,1-5H3. The molecule has 0 aliphatic rings. The zero-order valence-corrected chi connectivity index (χ0v) is 9.02. The first-order valence-corrected chi connectivity index (χ1v) is 4.65. The number of aliphatic hydroxyl groups excluding tert-OH is 1. The Morgan fingerprint density at radius 3 is 2.17 bits per heavy atom. The van der Waals surface area contributed by atoms with Gasteiger partial charge in [-0.2, -0.15) is 0 Å². The van der Waals surface area contributed by atoms with Crippen molar-refractivity contribution in [1.82, 2.24) is 0 Å². The average Bonchev–Trinajstić information content (AvgIpc) is 1.84. The topological polar surface area (TPSA) is 20.2 Å². The summed E-state index contributed by atoms with van der Waals surface area (Å²) in [4.78, 5) is 0. The molecule has 0 aromatic heterocycles. The third-order valence-electron chi connectivity index (χ3n) is 1.99. The van der Waals surface area contributed by atoms with Gasteiger partial charge in [0.15, 0.2) is 0 Å². The van der Waals surface area contributed by atoms with Gasteiger partial charge in [0.2, 0.25) is 0 Å². The number of rotatable bonds is 3. The van der Waals surface area contributed by atoms with Gasteiger partial charge < -0.3 is 5.11 Å². The molecule has 0 saturated heterocycles. The molecular formula is C11H22O. The normalized spacial score (nSPS) is 14.2. The molecule has 0 amide bonds. The van der Waals surface area contributed by atoms with Crippen LogP contribution in [0.2, 0.25) is 0 Å². The highest BCUT2D eigenvalue weighted by atomic mass is 16.3. The van der Waals surface area contributed by atoms with Crippen molar-refractivity contribution >= 4 is 0 Å². The lowest BCUT2D eigenvalue weighted by Gasteiger charge is -2.25. The first-order chi connectivity index (χ1) is 5.34.